The van der Waals surface area contributed by atoms with Crippen LogP contribution in [-0.2, 0) is 10.2 Å². The Hall–Kier alpha value is -4.34. The molecule has 0 aliphatic carbocycles. The minimum Gasteiger partial charge on any atom is -0.378 e. The number of pyridine rings is 1. The number of carbonyl (C=O) groups excluding carboxylic acids is 2. The first-order chi connectivity index (χ1) is 20.1. The Morgan fingerprint density at radius 2 is 1.71 bits per heavy atom. The molecule has 42 heavy (non-hydrogen) atoms. The van der Waals surface area contributed by atoms with Crippen molar-refractivity contribution in [2.24, 2.45) is 4.99 Å². The molecule has 2 amide bonds. The summed E-state index contributed by atoms with van der Waals surface area (Å²) in [6, 6.07) is 17.2. The fraction of sp³-hybridized carbons (Fsp3) is 0.333. The Balaban J connectivity index is 1.33. The quantitative estimate of drug-likeness (QED) is 0.452. The lowest BCUT2D eigenvalue weighted by molar-refractivity contribution is 0.0302. The summed E-state index contributed by atoms with van der Waals surface area (Å²) < 4.78 is 5.34. The number of carbonyl (C=O) groups is 2. The van der Waals surface area contributed by atoms with Crippen LogP contribution in [0.3, 0.4) is 0 Å². The topological polar surface area (TPSA) is 99.2 Å². The van der Waals surface area contributed by atoms with Gasteiger partial charge in [0.2, 0.25) is 0 Å². The molecule has 0 spiro atoms. The number of nitrogens with zero attached hydrogens (tertiary/aromatic N) is 4. The third-order valence-electron chi connectivity index (χ3n) is 7.46. The average molecular weight is 567 g/mol. The SMILES string of the molecule is Cc1c(NC(=O)c2ccc(C(C)(C)C)cc2)cccc1C1=CC(=Nc2ccc(C(=O)N3CCOCC3)cn2)CN(C)N1. The fourth-order valence-corrected chi connectivity index (χ4v) is 4.99. The lowest BCUT2D eigenvalue weighted by Crippen LogP contribution is -2.41. The molecule has 0 unspecified atom stereocenters. The molecule has 5 rings (SSSR count). The first kappa shape index (κ1) is 29.2. The van der Waals surface area contributed by atoms with Gasteiger partial charge in [0.05, 0.1) is 36.7 Å². The minimum atomic E-state index is -0.151. The molecule has 1 fully saturated rings. The molecule has 0 bridgehead atoms. The van der Waals surface area contributed by atoms with E-state index in [1.54, 1.807) is 23.2 Å². The van der Waals surface area contributed by atoms with Crippen molar-refractivity contribution >= 4 is 34.7 Å². The number of benzene rings is 2. The number of morpholine rings is 1. The van der Waals surface area contributed by atoms with E-state index in [1.165, 1.54) is 5.56 Å². The maximum absolute atomic E-state index is 13.1. The van der Waals surface area contributed by atoms with E-state index < -0.39 is 0 Å². The van der Waals surface area contributed by atoms with Crippen molar-refractivity contribution in [3.8, 4) is 0 Å². The van der Waals surface area contributed by atoms with Gasteiger partial charge in [0, 0.05) is 43.1 Å². The van der Waals surface area contributed by atoms with Crippen molar-refractivity contribution in [2.75, 3.05) is 45.2 Å². The van der Waals surface area contributed by atoms with Crippen LogP contribution in [0.15, 0.2) is 71.9 Å². The van der Waals surface area contributed by atoms with Gasteiger partial charge in [-0.2, -0.15) is 0 Å². The largest absolute Gasteiger partial charge is 0.378 e. The first-order valence-electron chi connectivity index (χ1n) is 14.2. The number of hydrazine groups is 1. The zero-order valence-corrected chi connectivity index (χ0v) is 24.9. The summed E-state index contributed by atoms with van der Waals surface area (Å²) in [5, 5.41) is 5.03. The highest BCUT2D eigenvalue weighted by Crippen LogP contribution is 2.27. The van der Waals surface area contributed by atoms with Gasteiger partial charge in [0.25, 0.3) is 11.8 Å². The second kappa shape index (κ2) is 12.3. The summed E-state index contributed by atoms with van der Waals surface area (Å²) in [6.45, 7) is 11.3. The van der Waals surface area contributed by atoms with E-state index in [0.717, 1.165) is 28.2 Å². The molecule has 3 heterocycles. The molecule has 9 nitrogen and oxygen atoms in total. The van der Waals surface area contributed by atoms with E-state index >= 15 is 0 Å². The molecule has 2 N–H and O–H groups in total. The van der Waals surface area contributed by atoms with Gasteiger partial charge in [-0.1, -0.05) is 45.0 Å². The van der Waals surface area contributed by atoms with E-state index in [9.17, 15) is 9.59 Å². The number of anilines is 1. The van der Waals surface area contributed by atoms with Gasteiger partial charge in [0.1, 0.15) is 0 Å². The van der Waals surface area contributed by atoms with Crippen LogP contribution in [0.5, 0.6) is 0 Å². The van der Waals surface area contributed by atoms with Crippen molar-refractivity contribution in [1.82, 2.24) is 20.3 Å². The summed E-state index contributed by atoms with van der Waals surface area (Å²) in [5.41, 5.74) is 10.1. The molecule has 218 valence electrons. The van der Waals surface area contributed by atoms with E-state index in [-0.39, 0.29) is 17.2 Å². The Morgan fingerprint density at radius 1 is 1.00 bits per heavy atom. The van der Waals surface area contributed by atoms with Gasteiger partial charge in [0.15, 0.2) is 5.82 Å². The smallest absolute Gasteiger partial charge is 0.255 e. The molecule has 2 aliphatic rings. The Morgan fingerprint density at radius 3 is 2.38 bits per heavy atom. The second-order valence-electron chi connectivity index (χ2n) is 11.7. The minimum absolute atomic E-state index is 0.0254. The van der Waals surface area contributed by atoms with Crippen molar-refractivity contribution in [2.45, 2.75) is 33.1 Å². The molecule has 2 aliphatic heterocycles. The van der Waals surface area contributed by atoms with E-state index in [1.807, 2.05) is 67.5 Å². The maximum atomic E-state index is 13.1. The predicted octanol–water partition coefficient (Wildman–Crippen LogP) is 4.98. The summed E-state index contributed by atoms with van der Waals surface area (Å²) in [6.07, 6.45) is 3.58. The lowest BCUT2D eigenvalue weighted by Gasteiger charge is -2.28. The van der Waals surface area contributed by atoms with Crippen molar-refractivity contribution in [3.05, 3.63) is 94.7 Å². The Labute approximate surface area is 247 Å². The number of amides is 2. The van der Waals surface area contributed by atoms with Gasteiger partial charge in [-0.15, -0.1) is 0 Å². The van der Waals surface area contributed by atoms with Gasteiger partial charge in [-0.05, 0) is 59.9 Å². The highest BCUT2D eigenvalue weighted by molar-refractivity contribution is 6.06. The maximum Gasteiger partial charge on any atom is 0.255 e. The van der Waals surface area contributed by atoms with E-state index in [2.05, 4.69) is 36.5 Å². The molecule has 0 saturated carbocycles. The van der Waals surface area contributed by atoms with Gasteiger partial charge in [-0.25, -0.2) is 15.0 Å². The molecular formula is C33H38N6O3. The monoisotopic (exact) mass is 566 g/mol. The number of ether oxygens (including phenoxy) is 1. The fourth-order valence-electron chi connectivity index (χ4n) is 4.99. The number of aromatic nitrogens is 1. The molecule has 1 saturated heterocycles. The Kier molecular flexibility index (Phi) is 8.51. The third-order valence-corrected chi connectivity index (χ3v) is 7.46. The van der Waals surface area contributed by atoms with Gasteiger partial charge < -0.3 is 20.4 Å². The number of nitrogens with one attached hydrogen (secondary N) is 2. The molecule has 0 atom stereocenters. The van der Waals surface area contributed by atoms with Gasteiger partial charge in [-0.3, -0.25) is 9.59 Å². The Bertz CT molecular complexity index is 1510. The summed E-state index contributed by atoms with van der Waals surface area (Å²) in [5.74, 6) is 0.338. The number of aliphatic imine (C=N–C) groups is 1. The first-order valence-corrected chi connectivity index (χ1v) is 14.2. The van der Waals surface area contributed by atoms with Crippen molar-refractivity contribution in [1.29, 1.82) is 0 Å². The molecule has 3 aromatic rings. The van der Waals surface area contributed by atoms with E-state index in [0.29, 0.717) is 49.8 Å². The van der Waals surface area contributed by atoms with Crippen LogP contribution in [0.1, 0.15) is 58.2 Å². The number of hydrogen-bond acceptors (Lipinski definition) is 7. The zero-order chi connectivity index (χ0) is 29.9. The summed E-state index contributed by atoms with van der Waals surface area (Å²) in [7, 11) is 1.95. The van der Waals surface area contributed by atoms with Crippen LogP contribution >= 0.6 is 0 Å². The van der Waals surface area contributed by atoms with E-state index in [4.69, 9.17) is 9.73 Å². The number of rotatable bonds is 5. The third kappa shape index (κ3) is 6.75. The average Bonchev–Trinajstić information content (AvgIpc) is 2.98. The van der Waals surface area contributed by atoms with Crippen LogP contribution < -0.4 is 10.7 Å². The summed E-state index contributed by atoms with van der Waals surface area (Å²) >= 11 is 0. The second-order valence-corrected chi connectivity index (χ2v) is 11.7. The highest BCUT2D eigenvalue weighted by atomic mass is 16.5. The standard InChI is InChI=1S/C33H38N6O3/c1-22-27(7-6-8-28(22)36-31(40)23-9-12-25(13-10-23)33(2,3)4)29-19-26(21-38(5)37-29)35-30-14-11-24(20-34-30)32(41)39-15-17-42-18-16-39/h6-14,19-20,37H,15-18,21H2,1-5H3,(H,36,40). The molecular weight excluding hydrogens is 528 g/mol. The number of hydrogen-bond donors (Lipinski definition) is 2. The zero-order valence-electron chi connectivity index (χ0n) is 24.9. The molecule has 2 aromatic carbocycles. The van der Waals surface area contributed by atoms with Crippen molar-refractivity contribution < 1.29 is 14.3 Å². The van der Waals surface area contributed by atoms with Crippen molar-refractivity contribution in [3.63, 3.8) is 0 Å². The lowest BCUT2D eigenvalue weighted by atomic mass is 9.86. The normalized spacial score (nSPS) is 17.0. The van der Waals surface area contributed by atoms with Crippen LogP contribution in [0.2, 0.25) is 0 Å². The molecule has 1 aromatic heterocycles. The predicted molar refractivity (Wildman–Crippen MR) is 166 cm³/mol. The summed E-state index contributed by atoms with van der Waals surface area (Å²) in [4.78, 5) is 36.8. The molecule has 0 radical (unpaired) electrons. The van der Waals surface area contributed by atoms with Crippen LogP contribution in [0.4, 0.5) is 11.5 Å². The van der Waals surface area contributed by atoms with Crippen LogP contribution in [-0.4, -0.2) is 72.3 Å². The highest BCUT2D eigenvalue weighted by Gasteiger charge is 2.20. The van der Waals surface area contributed by atoms with Gasteiger partial charge >= 0.3 is 0 Å². The van der Waals surface area contributed by atoms with Crippen LogP contribution in [0, 0.1) is 6.92 Å². The van der Waals surface area contributed by atoms with Crippen LogP contribution in [0.25, 0.3) is 5.70 Å². The molecule has 9 heteroatoms.